The van der Waals surface area contributed by atoms with Crippen LogP contribution in [-0.4, -0.2) is 38.7 Å². The zero-order chi connectivity index (χ0) is 26.2. The number of aromatic amines is 1. The summed E-state index contributed by atoms with van der Waals surface area (Å²) < 4.78 is 64.3. The third-order valence-electron chi connectivity index (χ3n) is 6.02. The molecule has 9 nitrogen and oxygen atoms in total. The number of halogens is 1. The van der Waals surface area contributed by atoms with Crippen molar-refractivity contribution in [3.05, 3.63) is 88.0 Å². The van der Waals surface area contributed by atoms with Crippen molar-refractivity contribution < 1.29 is 31.8 Å². The predicted octanol–water partition coefficient (Wildman–Crippen LogP) is 3.80. The molecule has 0 saturated heterocycles. The number of hydrogen-bond acceptors (Lipinski definition) is 7. The molecule has 0 bridgehead atoms. The summed E-state index contributed by atoms with van der Waals surface area (Å²) in [6.07, 6.45) is 0. The van der Waals surface area contributed by atoms with Gasteiger partial charge in [-0.1, -0.05) is 18.2 Å². The SMILES string of the molecule is COc1cc2cc(CN(Cc3ccc4c(c3)OCO4)S(=O)(=O)c3ccccc3F)c(=O)[nH]c2cc1OC. The van der Waals surface area contributed by atoms with Crippen LogP contribution in [-0.2, 0) is 23.1 Å². The van der Waals surface area contributed by atoms with Gasteiger partial charge in [0.25, 0.3) is 5.56 Å². The lowest BCUT2D eigenvalue weighted by Crippen LogP contribution is -2.33. The lowest BCUT2D eigenvalue weighted by molar-refractivity contribution is 0.174. The number of hydrogen-bond donors (Lipinski definition) is 1. The second-order valence-corrected chi connectivity index (χ2v) is 10.2. The van der Waals surface area contributed by atoms with Crippen LogP contribution in [0.2, 0.25) is 0 Å². The van der Waals surface area contributed by atoms with E-state index < -0.39 is 26.3 Å². The third kappa shape index (κ3) is 4.70. The van der Waals surface area contributed by atoms with Gasteiger partial charge in [0.2, 0.25) is 16.8 Å². The van der Waals surface area contributed by atoms with E-state index in [9.17, 15) is 17.6 Å². The molecule has 3 aromatic carbocycles. The first-order chi connectivity index (χ1) is 17.8. The Kier molecular flexibility index (Phi) is 6.48. The average molecular weight is 527 g/mol. The summed E-state index contributed by atoms with van der Waals surface area (Å²) in [6, 6.07) is 15.0. The summed E-state index contributed by atoms with van der Waals surface area (Å²) >= 11 is 0. The third-order valence-corrected chi connectivity index (χ3v) is 7.85. The maximum atomic E-state index is 14.6. The average Bonchev–Trinajstić information content (AvgIpc) is 3.36. The van der Waals surface area contributed by atoms with Crippen LogP contribution in [0.4, 0.5) is 4.39 Å². The molecule has 37 heavy (non-hydrogen) atoms. The van der Waals surface area contributed by atoms with Crippen LogP contribution < -0.4 is 24.5 Å². The fourth-order valence-corrected chi connectivity index (χ4v) is 5.62. The largest absolute Gasteiger partial charge is 0.493 e. The molecule has 0 saturated carbocycles. The molecular weight excluding hydrogens is 503 g/mol. The molecule has 11 heteroatoms. The summed E-state index contributed by atoms with van der Waals surface area (Å²) in [4.78, 5) is 15.3. The van der Waals surface area contributed by atoms with Gasteiger partial charge in [0.1, 0.15) is 10.7 Å². The van der Waals surface area contributed by atoms with Gasteiger partial charge in [-0.05, 0) is 42.0 Å². The quantitative estimate of drug-likeness (QED) is 0.372. The van der Waals surface area contributed by atoms with Crippen molar-refractivity contribution in [3.63, 3.8) is 0 Å². The van der Waals surface area contributed by atoms with E-state index in [0.29, 0.717) is 39.5 Å². The van der Waals surface area contributed by atoms with Crippen LogP contribution in [0.25, 0.3) is 10.9 Å². The van der Waals surface area contributed by atoms with E-state index in [4.69, 9.17) is 18.9 Å². The Labute approximate surface area is 212 Å². The number of rotatable bonds is 8. The summed E-state index contributed by atoms with van der Waals surface area (Å²) in [5.41, 5.74) is 0.748. The number of methoxy groups -OCH3 is 2. The molecule has 0 spiro atoms. The molecule has 0 fully saturated rings. The lowest BCUT2D eigenvalue weighted by atomic mass is 10.1. The Balaban J connectivity index is 1.58. The number of H-pyrrole nitrogens is 1. The standard InChI is InChI=1S/C26H23FN2O7S/c1-33-22-11-17-10-18(26(30)28-20(17)12-23(22)34-2)14-29(37(31,32)25-6-4-3-5-19(25)27)13-16-7-8-21-24(9-16)36-15-35-21/h3-12H,13-15H2,1-2H3,(H,28,30). The van der Waals surface area contributed by atoms with Gasteiger partial charge in [-0.15, -0.1) is 0 Å². The van der Waals surface area contributed by atoms with E-state index in [-0.39, 0.29) is 25.4 Å². The minimum atomic E-state index is -4.35. The minimum Gasteiger partial charge on any atom is -0.493 e. The van der Waals surface area contributed by atoms with E-state index >= 15 is 0 Å². The van der Waals surface area contributed by atoms with Crippen LogP contribution in [0.15, 0.2) is 70.4 Å². The Morgan fingerprint density at radius 3 is 2.43 bits per heavy atom. The van der Waals surface area contributed by atoms with Gasteiger partial charge in [0, 0.05) is 30.1 Å². The fourth-order valence-electron chi connectivity index (χ4n) is 4.15. The zero-order valence-electron chi connectivity index (χ0n) is 20.0. The second-order valence-electron chi connectivity index (χ2n) is 8.31. The molecule has 1 N–H and O–H groups in total. The number of nitrogens with one attached hydrogen (secondary N) is 1. The summed E-state index contributed by atoms with van der Waals surface area (Å²) in [5, 5.41) is 0.610. The van der Waals surface area contributed by atoms with Gasteiger partial charge in [-0.2, -0.15) is 4.31 Å². The predicted molar refractivity (Wildman–Crippen MR) is 133 cm³/mol. The van der Waals surface area contributed by atoms with E-state index in [2.05, 4.69) is 4.98 Å². The maximum Gasteiger partial charge on any atom is 0.252 e. The van der Waals surface area contributed by atoms with E-state index in [1.165, 1.54) is 32.4 Å². The summed E-state index contributed by atoms with van der Waals surface area (Å²) in [6.45, 7) is -0.391. The first-order valence-corrected chi connectivity index (χ1v) is 12.7. The zero-order valence-corrected chi connectivity index (χ0v) is 20.8. The number of fused-ring (bicyclic) bond motifs is 2. The number of aromatic nitrogens is 1. The van der Waals surface area contributed by atoms with Crippen molar-refractivity contribution in [3.8, 4) is 23.0 Å². The smallest absolute Gasteiger partial charge is 0.252 e. The van der Waals surface area contributed by atoms with Gasteiger partial charge in [0.05, 0.1) is 19.7 Å². The minimum absolute atomic E-state index is 0.0662. The van der Waals surface area contributed by atoms with Crippen molar-refractivity contribution in [2.45, 2.75) is 18.0 Å². The highest BCUT2D eigenvalue weighted by molar-refractivity contribution is 7.89. The Morgan fingerprint density at radius 1 is 0.946 bits per heavy atom. The summed E-state index contributed by atoms with van der Waals surface area (Å²) in [7, 11) is -1.37. The van der Waals surface area contributed by atoms with Crippen molar-refractivity contribution in [2.75, 3.05) is 21.0 Å². The molecule has 5 rings (SSSR count). The number of ether oxygens (including phenoxy) is 4. The van der Waals surface area contributed by atoms with Gasteiger partial charge in [-0.3, -0.25) is 4.79 Å². The second kappa shape index (κ2) is 9.75. The molecule has 0 aliphatic carbocycles. The first-order valence-electron chi connectivity index (χ1n) is 11.2. The molecule has 2 heterocycles. The molecule has 0 unspecified atom stereocenters. The Morgan fingerprint density at radius 2 is 1.68 bits per heavy atom. The summed E-state index contributed by atoms with van der Waals surface area (Å²) in [5.74, 6) is 1.02. The van der Waals surface area contributed by atoms with Crippen LogP contribution in [0.3, 0.4) is 0 Å². The highest BCUT2D eigenvalue weighted by Crippen LogP contribution is 2.34. The highest BCUT2D eigenvalue weighted by Gasteiger charge is 2.29. The molecule has 4 aromatic rings. The number of benzene rings is 3. The van der Waals surface area contributed by atoms with Crippen LogP contribution >= 0.6 is 0 Å². The maximum absolute atomic E-state index is 14.6. The van der Waals surface area contributed by atoms with Gasteiger partial charge in [-0.25, -0.2) is 12.8 Å². The molecule has 0 atom stereocenters. The van der Waals surface area contributed by atoms with Gasteiger partial charge >= 0.3 is 0 Å². The highest BCUT2D eigenvalue weighted by atomic mass is 32.2. The van der Waals surface area contributed by atoms with E-state index in [1.54, 1.807) is 36.4 Å². The molecule has 1 aliphatic heterocycles. The molecule has 192 valence electrons. The van der Waals surface area contributed by atoms with E-state index in [0.717, 1.165) is 10.4 Å². The van der Waals surface area contributed by atoms with Gasteiger partial charge < -0.3 is 23.9 Å². The molecule has 1 aliphatic rings. The topological polar surface area (TPSA) is 107 Å². The van der Waals surface area contributed by atoms with Crippen LogP contribution in [0.1, 0.15) is 11.1 Å². The molecule has 0 amide bonds. The van der Waals surface area contributed by atoms with Gasteiger partial charge in [0.15, 0.2) is 23.0 Å². The van der Waals surface area contributed by atoms with Crippen molar-refractivity contribution >= 4 is 20.9 Å². The molecule has 0 radical (unpaired) electrons. The van der Waals surface area contributed by atoms with Crippen molar-refractivity contribution in [2.24, 2.45) is 0 Å². The number of sulfonamides is 1. The Bertz CT molecular complexity index is 1650. The number of nitrogens with zero attached hydrogens (tertiary/aromatic N) is 1. The normalized spacial score (nSPS) is 12.8. The number of pyridine rings is 1. The lowest BCUT2D eigenvalue weighted by Gasteiger charge is -2.23. The van der Waals surface area contributed by atoms with Crippen molar-refractivity contribution in [1.82, 2.24) is 9.29 Å². The first kappa shape index (κ1) is 24.6. The molecular formula is C26H23FN2O7S. The Hall–Kier alpha value is -4.09. The monoisotopic (exact) mass is 526 g/mol. The molecule has 1 aromatic heterocycles. The van der Waals surface area contributed by atoms with Crippen molar-refractivity contribution in [1.29, 1.82) is 0 Å². The van der Waals surface area contributed by atoms with Crippen LogP contribution in [0, 0.1) is 5.82 Å². The fraction of sp³-hybridized carbons (Fsp3) is 0.192. The van der Waals surface area contributed by atoms with E-state index in [1.807, 2.05) is 0 Å². The van der Waals surface area contributed by atoms with Crippen LogP contribution in [0.5, 0.6) is 23.0 Å².